The average Bonchev–Trinajstić information content (AvgIpc) is 2.75. The number of nitrogens with zero attached hydrogens (tertiary/aromatic N) is 2. The fourth-order valence-electron chi connectivity index (χ4n) is 2.46. The number of aromatic nitrogens is 1. The van der Waals surface area contributed by atoms with Gasteiger partial charge in [0.05, 0.1) is 0 Å². The molecule has 1 aromatic heterocycles. The molecule has 0 radical (unpaired) electrons. The summed E-state index contributed by atoms with van der Waals surface area (Å²) in [5.74, 6) is 1.78. The third kappa shape index (κ3) is 6.02. The van der Waals surface area contributed by atoms with E-state index in [1.165, 1.54) is 25.2 Å². The van der Waals surface area contributed by atoms with Gasteiger partial charge in [-0.1, -0.05) is 6.07 Å². The molecule has 1 fully saturated rings. The van der Waals surface area contributed by atoms with Crippen LogP contribution >= 0.6 is 0 Å². The summed E-state index contributed by atoms with van der Waals surface area (Å²) in [6.45, 7) is 6.47. The number of anilines is 1. The van der Waals surface area contributed by atoms with Crippen molar-refractivity contribution in [1.82, 2.24) is 9.88 Å². The van der Waals surface area contributed by atoms with Gasteiger partial charge in [-0.2, -0.15) is 0 Å². The van der Waals surface area contributed by atoms with Gasteiger partial charge in [0.15, 0.2) is 0 Å². The minimum absolute atomic E-state index is 0.250. The Morgan fingerprint density at radius 1 is 1.55 bits per heavy atom. The Kier molecular flexibility index (Phi) is 7.01. The zero-order valence-corrected chi connectivity index (χ0v) is 12.5. The SMILES string of the molecule is CC(C)Nc1cccc(CC2CCN(C)C2)n1.O=CO. The fraction of sp³-hybridized carbons (Fsp3) is 0.600. The molecule has 2 heterocycles. The smallest absolute Gasteiger partial charge is 0.290 e. The van der Waals surface area contributed by atoms with Gasteiger partial charge >= 0.3 is 0 Å². The minimum atomic E-state index is -0.250. The van der Waals surface area contributed by atoms with Gasteiger partial charge in [-0.15, -0.1) is 0 Å². The number of rotatable bonds is 4. The maximum atomic E-state index is 8.36. The fourth-order valence-corrected chi connectivity index (χ4v) is 2.46. The maximum absolute atomic E-state index is 8.36. The first-order chi connectivity index (χ1) is 9.55. The lowest BCUT2D eigenvalue weighted by molar-refractivity contribution is -0.122. The predicted octanol–water partition coefficient (Wildman–Crippen LogP) is 2.10. The quantitative estimate of drug-likeness (QED) is 0.826. The molecule has 1 aliphatic rings. The molecule has 5 nitrogen and oxygen atoms in total. The summed E-state index contributed by atoms with van der Waals surface area (Å²) in [5, 5.41) is 10.2. The lowest BCUT2D eigenvalue weighted by Gasteiger charge is -2.12. The standard InChI is InChI=1S/C14H23N3.CH2O2/c1-11(2)15-14-6-4-5-13(16-14)9-12-7-8-17(3)10-12;2-1-3/h4-6,11-12H,7-10H2,1-3H3,(H,15,16);1H,(H,2,3). The Labute approximate surface area is 121 Å². The highest BCUT2D eigenvalue weighted by molar-refractivity contribution is 5.36. The van der Waals surface area contributed by atoms with Crippen molar-refractivity contribution in [3.63, 3.8) is 0 Å². The maximum Gasteiger partial charge on any atom is 0.290 e. The van der Waals surface area contributed by atoms with E-state index in [0.717, 1.165) is 18.2 Å². The van der Waals surface area contributed by atoms with Gasteiger partial charge in [0.2, 0.25) is 0 Å². The van der Waals surface area contributed by atoms with Gasteiger partial charge in [-0.3, -0.25) is 4.79 Å². The Balaban J connectivity index is 0.000000612. The molecule has 2 N–H and O–H groups in total. The van der Waals surface area contributed by atoms with Gasteiger partial charge in [0.1, 0.15) is 5.82 Å². The van der Waals surface area contributed by atoms with Gasteiger partial charge in [0.25, 0.3) is 6.47 Å². The largest absolute Gasteiger partial charge is 0.483 e. The number of hydrogen-bond donors (Lipinski definition) is 2. The van der Waals surface area contributed by atoms with Crippen LogP contribution in [0.5, 0.6) is 0 Å². The molecule has 112 valence electrons. The van der Waals surface area contributed by atoms with Gasteiger partial charge in [-0.05, 0) is 58.3 Å². The highest BCUT2D eigenvalue weighted by atomic mass is 16.3. The molecule has 20 heavy (non-hydrogen) atoms. The zero-order chi connectivity index (χ0) is 15.0. The third-order valence-corrected chi connectivity index (χ3v) is 3.23. The van der Waals surface area contributed by atoms with E-state index in [2.05, 4.69) is 48.2 Å². The van der Waals surface area contributed by atoms with Gasteiger partial charge in [-0.25, -0.2) is 4.98 Å². The van der Waals surface area contributed by atoms with Crippen LogP contribution in [0.3, 0.4) is 0 Å². The predicted molar refractivity (Wildman–Crippen MR) is 81.0 cm³/mol. The van der Waals surface area contributed by atoms with E-state index in [-0.39, 0.29) is 6.47 Å². The van der Waals surface area contributed by atoms with Crippen LogP contribution in [-0.4, -0.2) is 47.6 Å². The molecule has 5 heteroatoms. The Bertz CT molecular complexity index is 410. The molecular weight excluding hydrogens is 254 g/mol. The molecule has 0 bridgehead atoms. The average molecular weight is 279 g/mol. The van der Waals surface area contributed by atoms with Crippen molar-refractivity contribution in [2.45, 2.75) is 32.7 Å². The highest BCUT2D eigenvalue weighted by Crippen LogP contribution is 2.19. The zero-order valence-electron chi connectivity index (χ0n) is 12.5. The summed E-state index contributed by atoms with van der Waals surface area (Å²) in [6, 6.07) is 6.73. The second-order valence-electron chi connectivity index (χ2n) is 5.54. The van der Waals surface area contributed by atoms with Crippen molar-refractivity contribution < 1.29 is 9.90 Å². The van der Waals surface area contributed by atoms with E-state index in [1.54, 1.807) is 0 Å². The van der Waals surface area contributed by atoms with E-state index >= 15 is 0 Å². The Morgan fingerprint density at radius 3 is 2.80 bits per heavy atom. The summed E-state index contributed by atoms with van der Waals surface area (Å²) in [7, 11) is 2.20. The van der Waals surface area contributed by atoms with Crippen molar-refractivity contribution in [3.8, 4) is 0 Å². The van der Waals surface area contributed by atoms with E-state index < -0.39 is 0 Å². The van der Waals surface area contributed by atoms with Crippen LogP contribution < -0.4 is 5.32 Å². The van der Waals surface area contributed by atoms with Crippen LogP contribution in [0.1, 0.15) is 26.0 Å². The normalized spacial score (nSPS) is 18.5. The second kappa shape index (κ2) is 8.53. The molecule has 1 aromatic rings. The molecule has 2 rings (SSSR count). The molecule has 0 amide bonds. The number of hydrogen-bond acceptors (Lipinski definition) is 4. The van der Waals surface area contributed by atoms with Crippen molar-refractivity contribution >= 4 is 12.3 Å². The molecule has 0 aliphatic carbocycles. The summed E-state index contributed by atoms with van der Waals surface area (Å²) < 4.78 is 0. The molecule has 0 spiro atoms. The van der Waals surface area contributed by atoms with Crippen LogP contribution in [0.2, 0.25) is 0 Å². The number of carboxylic acid groups (broad SMARTS) is 1. The molecule has 1 saturated heterocycles. The highest BCUT2D eigenvalue weighted by Gasteiger charge is 2.20. The van der Waals surface area contributed by atoms with E-state index in [9.17, 15) is 0 Å². The van der Waals surface area contributed by atoms with E-state index in [4.69, 9.17) is 9.90 Å². The van der Waals surface area contributed by atoms with Crippen LogP contribution in [0.25, 0.3) is 0 Å². The second-order valence-corrected chi connectivity index (χ2v) is 5.54. The number of nitrogens with one attached hydrogen (secondary N) is 1. The summed E-state index contributed by atoms with van der Waals surface area (Å²) in [5.41, 5.74) is 1.22. The minimum Gasteiger partial charge on any atom is -0.483 e. The van der Waals surface area contributed by atoms with Gasteiger partial charge < -0.3 is 15.3 Å². The van der Waals surface area contributed by atoms with Crippen LogP contribution in [-0.2, 0) is 11.2 Å². The first kappa shape index (κ1) is 16.4. The van der Waals surface area contributed by atoms with E-state index in [0.29, 0.717) is 6.04 Å². The Morgan fingerprint density at radius 2 is 2.25 bits per heavy atom. The molecule has 1 unspecified atom stereocenters. The van der Waals surface area contributed by atoms with Crippen LogP contribution in [0, 0.1) is 5.92 Å². The first-order valence-corrected chi connectivity index (χ1v) is 7.04. The van der Waals surface area contributed by atoms with E-state index in [1.807, 2.05) is 6.07 Å². The van der Waals surface area contributed by atoms with Crippen molar-refractivity contribution in [2.75, 3.05) is 25.5 Å². The van der Waals surface area contributed by atoms with Crippen molar-refractivity contribution in [1.29, 1.82) is 0 Å². The monoisotopic (exact) mass is 279 g/mol. The number of pyridine rings is 1. The first-order valence-electron chi connectivity index (χ1n) is 7.04. The summed E-state index contributed by atoms with van der Waals surface area (Å²) in [4.78, 5) is 15.4. The Hall–Kier alpha value is -1.62. The molecule has 1 atom stereocenters. The molecule has 0 aromatic carbocycles. The summed E-state index contributed by atoms with van der Waals surface area (Å²) in [6.07, 6.45) is 2.41. The number of carbonyl (C=O) groups is 1. The van der Waals surface area contributed by atoms with Gasteiger partial charge in [0, 0.05) is 18.3 Å². The topological polar surface area (TPSA) is 65.5 Å². The lowest BCUT2D eigenvalue weighted by Crippen LogP contribution is -2.16. The molecule has 1 aliphatic heterocycles. The molecule has 0 saturated carbocycles. The van der Waals surface area contributed by atoms with Crippen molar-refractivity contribution in [3.05, 3.63) is 23.9 Å². The van der Waals surface area contributed by atoms with Crippen LogP contribution in [0.4, 0.5) is 5.82 Å². The summed E-state index contributed by atoms with van der Waals surface area (Å²) >= 11 is 0. The lowest BCUT2D eigenvalue weighted by atomic mass is 10.0. The van der Waals surface area contributed by atoms with Crippen molar-refractivity contribution in [2.24, 2.45) is 5.92 Å². The van der Waals surface area contributed by atoms with Crippen LogP contribution in [0.15, 0.2) is 18.2 Å². The third-order valence-electron chi connectivity index (χ3n) is 3.23. The molecular formula is C15H25N3O2. The number of likely N-dealkylation sites (tertiary alicyclic amines) is 1.